The second kappa shape index (κ2) is 7.80. The van der Waals surface area contributed by atoms with Gasteiger partial charge in [0.2, 0.25) is 0 Å². The zero-order valence-corrected chi connectivity index (χ0v) is 13.1. The van der Waals surface area contributed by atoms with E-state index in [2.05, 4.69) is 10.3 Å². The number of aliphatic imine (C=N–C) groups is 1. The fourth-order valence-corrected chi connectivity index (χ4v) is 2.51. The molecule has 1 unspecified atom stereocenters. The predicted molar refractivity (Wildman–Crippen MR) is 83.3 cm³/mol. The predicted octanol–water partition coefficient (Wildman–Crippen LogP) is 1.98. The van der Waals surface area contributed by atoms with Crippen LogP contribution in [0.25, 0.3) is 0 Å². The van der Waals surface area contributed by atoms with Crippen LogP contribution in [0.15, 0.2) is 23.2 Å². The SMILES string of the molecule is NC(=NC(N)NCc1ccc(C(F)(F)F)c(F)c1)N1CCCCC1. The van der Waals surface area contributed by atoms with Gasteiger partial charge in [0.25, 0.3) is 0 Å². The Labute approximate surface area is 137 Å². The van der Waals surface area contributed by atoms with Gasteiger partial charge in [-0.05, 0) is 37.0 Å². The maximum Gasteiger partial charge on any atom is 0.419 e. The highest BCUT2D eigenvalue weighted by Gasteiger charge is 2.33. The third kappa shape index (κ3) is 5.07. The average molecular weight is 347 g/mol. The monoisotopic (exact) mass is 347 g/mol. The van der Waals surface area contributed by atoms with Gasteiger partial charge in [-0.15, -0.1) is 0 Å². The Kier molecular flexibility index (Phi) is 6.00. The van der Waals surface area contributed by atoms with Gasteiger partial charge in [0.15, 0.2) is 12.2 Å². The summed E-state index contributed by atoms with van der Waals surface area (Å²) in [6.45, 7) is 1.73. The molecule has 0 amide bonds. The topological polar surface area (TPSA) is 79.7 Å². The van der Waals surface area contributed by atoms with Gasteiger partial charge >= 0.3 is 6.18 Å². The summed E-state index contributed by atoms with van der Waals surface area (Å²) < 4.78 is 51.0. The van der Waals surface area contributed by atoms with Gasteiger partial charge in [-0.3, -0.25) is 11.1 Å². The van der Waals surface area contributed by atoms with Gasteiger partial charge in [0, 0.05) is 19.6 Å². The summed E-state index contributed by atoms with van der Waals surface area (Å²) in [7, 11) is 0. The van der Waals surface area contributed by atoms with Crippen LogP contribution >= 0.6 is 0 Å². The van der Waals surface area contributed by atoms with Gasteiger partial charge < -0.3 is 10.6 Å². The van der Waals surface area contributed by atoms with Crippen LogP contribution in [0.5, 0.6) is 0 Å². The van der Waals surface area contributed by atoms with E-state index in [1.807, 2.05) is 4.90 Å². The molecule has 0 saturated carbocycles. The number of nitrogens with two attached hydrogens (primary N) is 2. The largest absolute Gasteiger partial charge is 0.419 e. The minimum atomic E-state index is -4.71. The van der Waals surface area contributed by atoms with E-state index < -0.39 is 23.8 Å². The van der Waals surface area contributed by atoms with E-state index in [-0.39, 0.29) is 6.54 Å². The summed E-state index contributed by atoms with van der Waals surface area (Å²) in [6.07, 6.45) is -2.28. The number of hydrogen-bond acceptors (Lipinski definition) is 3. The molecule has 5 N–H and O–H groups in total. The molecule has 0 aromatic heterocycles. The van der Waals surface area contributed by atoms with Crippen molar-refractivity contribution in [2.24, 2.45) is 16.5 Å². The van der Waals surface area contributed by atoms with Gasteiger partial charge in [-0.2, -0.15) is 13.2 Å². The fraction of sp³-hybridized carbons (Fsp3) is 0.533. The van der Waals surface area contributed by atoms with Crippen LogP contribution in [0.1, 0.15) is 30.4 Å². The Bertz CT molecular complexity index is 582. The molecule has 5 nitrogen and oxygen atoms in total. The van der Waals surface area contributed by atoms with Crippen molar-refractivity contribution in [3.05, 3.63) is 35.1 Å². The summed E-state index contributed by atoms with van der Waals surface area (Å²) in [5.74, 6) is -0.986. The Balaban J connectivity index is 1.91. The Hall–Kier alpha value is -1.87. The van der Waals surface area contributed by atoms with Crippen molar-refractivity contribution in [2.75, 3.05) is 13.1 Å². The van der Waals surface area contributed by atoms with Crippen LogP contribution < -0.4 is 16.8 Å². The van der Waals surface area contributed by atoms with Gasteiger partial charge in [0.05, 0.1) is 5.56 Å². The Morgan fingerprint density at radius 2 is 1.92 bits per heavy atom. The molecule has 2 rings (SSSR count). The van der Waals surface area contributed by atoms with Crippen molar-refractivity contribution < 1.29 is 17.6 Å². The maximum atomic E-state index is 13.5. The maximum absolute atomic E-state index is 13.5. The molecule has 1 atom stereocenters. The summed E-state index contributed by atoms with van der Waals surface area (Å²) in [5.41, 5.74) is 10.7. The quantitative estimate of drug-likeness (QED) is 0.337. The highest BCUT2D eigenvalue weighted by atomic mass is 19.4. The number of alkyl halides is 3. The summed E-state index contributed by atoms with van der Waals surface area (Å²) in [4.78, 5) is 6.04. The van der Waals surface area contributed by atoms with E-state index >= 15 is 0 Å². The van der Waals surface area contributed by atoms with Crippen LogP contribution in [-0.4, -0.2) is 30.2 Å². The van der Waals surface area contributed by atoms with Crippen LogP contribution in [0.2, 0.25) is 0 Å². The molecule has 1 aromatic rings. The van der Waals surface area contributed by atoms with E-state index in [0.29, 0.717) is 17.6 Å². The highest BCUT2D eigenvalue weighted by molar-refractivity contribution is 5.78. The van der Waals surface area contributed by atoms with Crippen molar-refractivity contribution in [3.8, 4) is 0 Å². The van der Waals surface area contributed by atoms with E-state index in [0.717, 1.165) is 38.4 Å². The van der Waals surface area contributed by atoms with Crippen LogP contribution in [-0.2, 0) is 12.7 Å². The van der Waals surface area contributed by atoms with Crippen molar-refractivity contribution in [2.45, 2.75) is 38.3 Å². The first-order valence-electron chi connectivity index (χ1n) is 7.70. The molecule has 134 valence electrons. The zero-order chi connectivity index (χ0) is 17.7. The second-order valence-corrected chi connectivity index (χ2v) is 5.67. The summed E-state index contributed by atoms with van der Waals surface area (Å²) in [6, 6.07) is 2.74. The number of hydrogen-bond donors (Lipinski definition) is 3. The molecule has 0 spiro atoms. The number of nitrogens with zero attached hydrogens (tertiary/aromatic N) is 2. The van der Waals surface area contributed by atoms with Crippen LogP contribution in [0.4, 0.5) is 17.6 Å². The Morgan fingerprint density at radius 3 is 2.50 bits per heavy atom. The molecule has 0 radical (unpaired) electrons. The lowest BCUT2D eigenvalue weighted by Gasteiger charge is -2.28. The standard InChI is InChI=1S/C15H21F4N5/c16-12-8-10(4-5-11(12)15(17,18)19)9-22-13(20)23-14(21)24-6-2-1-3-7-24/h4-5,8,13,22H,1-3,6-7,9,20H2,(H2,21,23). The number of benzene rings is 1. The molecule has 1 aliphatic heterocycles. The lowest BCUT2D eigenvalue weighted by atomic mass is 10.1. The molecular weight excluding hydrogens is 326 g/mol. The number of likely N-dealkylation sites (tertiary alicyclic amines) is 1. The van der Waals surface area contributed by atoms with E-state index in [9.17, 15) is 17.6 Å². The minimum absolute atomic E-state index is 0.0764. The smallest absolute Gasteiger partial charge is 0.370 e. The lowest BCUT2D eigenvalue weighted by molar-refractivity contribution is -0.140. The molecule has 1 fully saturated rings. The first-order chi connectivity index (χ1) is 11.3. The first-order valence-corrected chi connectivity index (χ1v) is 7.70. The van der Waals surface area contributed by atoms with Crippen LogP contribution in [0.3, 0.4) is 0 Å². The van der Waals surface area contributed by atoms with E-state index in [4.69, 9.17) is 11.5 Å². The Morgan fingerprint density at radius 1 is 1.25 bits per heavy atom. The minimum Gasteiger partial charge on any atom is -0.370 e. The normalized spacial score (nSPS) is 17.9. The summed E-state index contributed by atoms with van der Waals surface area (Å²) in [5, 5.41) is 2.79. The van der Waals surface area contributed by atoms with Crippen LogP contribution in [0, 0.1) is 5.82 Å². The van der Waals surface area contributed by atoms with Crippen molar-refractivity contribution >= 4 is 5.96 Å². The number of halogens is 4. The molecule has 1 saturated heterocycles. The van der Waals surface area contributed by atoms with Gasteiger partial charge in [-0.1, -0.05) is 6.07 Å². The van der Waals surface area contributed by atoms with Crippen molar-refractivity contribution in [3.63, 3.8) is 0 Å². The van der Waals surface area contributed by atoms with Gasteiger partial charge in [0.1, 0.15) is 5.82 Å². The number of nitrogens with one attached hydrogen (secondary N) is 1. The van der Waals surface area contributed by atoms with Gasteiger partial charge in [-0.25, -0.2) is 9.38 Å². The number of guanidine groups is 1. The third-order valence-corrected chi connectivity index (χ3v) is 3.81. The second-order valence-electron chi connectivity index (χ2n) is 5.67. The number of rotatable bonds is 4. The summed E-state index contributed by atoms with van der Waals surface area (Å²) >= 11 is 0. The highest BCUT2D eigenvalue weighted by Crippen LogP contribution is 2.31. The third-order valence-electron chi connectivity index (χ3n) is 3.81. The molecule has 9 heteroatoms. The number of piperidine rings is 1. The van der Waals surface area contributed by atoms with Crippen molar-refractivity contribution in [1.82, 2.24) is 10.2 Å². The molecule has 0 bridgehead atoms. The van der Waals surface area contributed by atoms with E-state index in [1.54, 1.807) is 0 Å². The lowest BCUT2D eigenvalue weighted by Crippen LogP contribution is -2.44. The molecule has 1 heterocycles. The van der Waals surface area contributed by atoms with E-state index in [1.165, 1.54) is 6.07 Å². The molecular formula is C15H21F4N5. The fourth-order valence-electron chi connectivity index (χ4n) is 2.51. The molecule has 0 aliphatic carbocycles. The average Bonchev–Trinajstić information content (AvgIpc) is 2.52. The molecule has 1 aromatic carbocycles. The zero-order valence-electron chi connectivity index (χ0n) is 13.1. The van der Waals surface area contributed by atoms with Crippen molar-refractivity contribution in [1.29, 1.82) is 0 Å². The first kappa shape index (κ1) is 18.5. The molecule has 1 aliphatic rings. The molecule has 24 heavy (non-hydrogen) atoms.